The number of rotatable bonds is 1. The molecule has 0 unspecified atom stereocenters. The van der Waals surface area contributed by atoms with E-state index in [0.29, 0.717) is 13.1 Å². The van der Waals surface area contributed by atoms with Gasteiger partial charge in [-0.1, -0.05) is 0 Å². The molecule has 1 N–H and O–H groups in total. The molecule has 0 saturated carbocycles. The molecule has 1 aliphatic heterocycles. The fourth-order valence-corrected chi connectivity index (χ4v) is 0.518. The third-order valence-corrected chi connectivity index (χ3v) is 1.19. The predicted molar refractivity (Wildman–Crippen MR) is 23.6 cm³/mol. The first kappa shape index (κ1) is 5.50. The van der Waals surface area contributed by atoms with Crippen LogP contribution in [0.4, 0.5) is 4.53 Å². The molecule has 1 fully saturated rings. The van der Waals surface area contributed by atoms with E-state index in [0.717, 1.165) is 0 Å². The highest BCUT2D eigenvalue weighted by molar-refractivity contribution is 5.73. The Bertz CT molecular complexity index is 102. The highest BCUT2D eigenvalue weighted by atomic mass is 19.3. The van der Waals surface area contributed by atoms with E-state index in [9.17, 15) is 9.32 Å². The fraction of sp³-hybridized carbons (Fsp3) is 0.750. The summed E-state index contributed by atoms with van der Waals surface area (Å²) in [5, 5.41) is 2.81. The average molecular weight is 119 g/mol. The maximum absolute atomic E-state index is 11.0. The molecule has 0 spiro atoms. The summed E-state index contributed by atoms with van der Waals surface area (Å²) in [7, 11) is 0. The summed E-state index contributed by atoms with van der Waals surface area (Å²) >= 11 is 0. The van der Waals surface area contributed by atoms with Gasteiger partial charge in [0.15, 0.2) is 0 Å². The Morgan fingerprint density at radius 2 is 2.38 bits per heavy atom. The second-order valence-electron chi connectivity index (χ2n) is 1.75. The zero-order chi connectivity index (χ0) is 5.98. The van der Waals surface area contributed by atoms with Crippen LogP contribution in [-0.4, -0.2) is 19.1 Å². The van der Waals surface area contributed by atoms with Gasteiger partial charge in [-0.3, -0.25) is 4.94 Å². The fourth-order valence-electron chi connectivity index (χ4n) is 0.518. The number of nitrogens with one attached hydrogen (secondary N) is 1. The first-order chi connectivity index (χ1) is 3.84. The minimum absolute atomic E-state index is 0.250. The Labute approximate surface area is 45.7 Å². The molecule has 46 valence electrons. The molecule has 1 saturated heterocycles. The van der Waals surface area contributed by atoms with Crippen LogP contribution in [0.3, 0.4) is 0 Å². The van der Waals surface area contributed by atoms with Crippen molar-refractivity contribution in [3.63, 3.8) is 0 Å². The Kier molecular flexibility index (Phi) is 1.43. The first-order valence-corrected chi connectivity index (χ1v) is 2.37. The van der Waals surface area contributed by atoms with Crippen LogP contribution >= 0.6 is 0 Å². The van der Waals surface area contributed by atoms with E-state index in [4.69, 9.17) is 0 Å². The van der Waals surface area contributed by atoms with Gasteiger partial charge < -0.3 is 5.32 Å². The van der Waals surface area contributed by atoms with Gasteiger partial charge >= 0.3 is 5.97 Å². The van der Waals surface area contributed by atoms with Crippen molar-refractivity contribution >= 4 is 5.97 Å². The van der Waals surface area contributed by atoms with Crippen molar-refractivity contribution < 1.29 is 14.3 Å². The van der Waals surface area contributed by atoms with E-state index < -0.39 is 5.97 Å². The second kappa shape index (κ2) is 2.09. The molecular formula is C4H6FNO2. The lowest BCUT2D eigenvalue weighted by Crippen LogP contribution is -2.46. The monoisotopic (exact) mass is 119 g/mol. The SMILES string of the molecule is O=C(OF)C1CNC1. The summed E-state index contributed by atoms with van der Waals surface area (Å²) < 4.78 is 11.0. The third kappa shape index (κ3) is 0.790. The lowest BCUT2D eigenvalue weighted by Gasteiger charge is -2.22. The zero-order valence-corrected chi connectivity index (χ0v) is 4.19. The average Bonchev–Trinajstić information content (AvgIpc) is 1.62. The van der Waals surface area contributed by atoms with Gasteiger partial charge in [0, 0.05) is 17.6 Å². The van der Waals surface area contributed by atoms with Crippen molar-refractivity contribution in [1.82, 2.24) is 5.32 Å². The maximum atomic E-state index is 11.0. The Morgan fingerprint density at radius 1 is 1.75 bits per heavy atom. The number of halogens is 1. The molecule has 4 heteroatoms. The van der Waals surface area contributed by atoms with Gasteiger partial charge in [-0.2, -0.15) is 0 Å². The van der Waals surface area contributed by atoms with Crippen LogP contribution in [-0.2, 0) is 9.74 Å². The Hall–Kier alpha value is -0.640. The van der Waals surface area contributed by atoms with E-state index in [1.165, 1.54) is 0 Å². The van der Waals surface area contributed by atoms with Gasteiger partial charge in [0.25, 0.3) is 0 Å². The molecule has 0 aromatic rings. The normalized spacial score (nSPS) is 19.6. The van der Waals surface area contributed by atoms with E-state index in [1.807, 2.05) is 0 Å². The van der Waals surface area contributed by atoms with Crippen LogP contribution in [0.2, 0.25) is 0 Å². The topological polar surface area (TPSA) is 38.3 Å². The van der Waals surface area contributed by atoms with E-state index in [2.05, 4.69) is 10.3 Å². The first-order valence-electron chi connectivity index (χ1n) is 2.37. The lowest BCUT2D eigenvalue weighted by atomic mass is 10.1. The number of carbonyl (C=O) groups excluding carboxylic acids is 1. The predicted octanol–water partition coefficient (Wildman–Crippen LogP) is -0.367. The summed E-state index contributed by atoms with van der Waals surface area (Å²) in [5.74, 6) is -1.01. The van der Waals surface area contributed by atoms with Crippen LogP contribution in [0.25, 0.3) is 0 Å². The summed E-state index contributed by atoms with van der Waals surface area (Å²) in [6, 6.07) is 0. The lowest BCUT2D eigenvalue weighted by molar-refractivity contribution is -0.190. The standard InChI is InChI=1S/C4H6FNO2/c5-8-4(7)3-1-6-2-3/h3,6H,1-2H2. The minimum Gasteiger partial charge on any atom is -0.315 e. The van der Waals surface area contributed by atoms with Gasteiger partial charge in [-0.25, -0.2) is 4.79 Å². The van der Waals surface area contributed by atoms with Crippen molar-refractivity contribution in [2.75, 3.05) is 13.1 Å². The Balaban J connectivity index is 2.24. The molecule has 0 aliphatic carbocycles. The van der Waals surface area contributed by atoms with Crippen molar-refractivity contribution in [3.8, 4) is 0 Å². The molecule has 3 nitrogen and oxygen atoms in total. The summed E-state index contributed by atoms with van der Waals surface area (Å²) in [5.41, 5.74) is 0. The number of carbonyl (C=O) groups is 1. The van der Waals surface area contributed by atoms with Crippen LogP contribution in [0, 0.1) is 5.92 Å². The van der Waals surface area contributed by atoms with Crippen LogP contribution < -0.4 is 5.32 Å². The second-order valence-corrected chi connectivity index (χ2v) is 1.75. The highest BCUT2D eigenvalue weighted by Crippen LogP contribution is 2.04. The molecule has 0 bridgehead atoms. The molecule has 0 aromatic heterocycles. The number of hydrogen-bond donors (Lipinski definition) is 1. The smallest absolute Gasteiger partial charge is 0.315 e. The number of hydrogen-bond acceptors (Lipinski definition) is 3. The Morgan fingerprint density at radius 3 is 2.50 bits per heavy atom. The van der Waals surface area contributed by atoms with Crippen LogP contribution in [0.1, 0.15) is 0 Å². The third-order valence-electron chi connectivity index (χ3n) is 1.19. The summed E-state index contributed by atoms with van der Waals surface area (Å²) in [6.07, 6.45) is 0. The minimum atomic E-state index is -0.760. The molecule has 1 rings (SSSR count). The molecule has 0 amide bonds. The molecular weight excluding hydrogens is 113 g/mol. The molecule has 1 aliphatic rings. The zero-order valence-electron chi connectivity index (χ0n) is 4.19. The quantitative estimate of drug-likeness (QED) is 0.512. The van der Waals surface area contributed by atoms with E-state index in [-0.39, 0.29) is 5.92 Å². The van der Waals surface area contributed by atoms with Crippen LogP contribution in [0.5, 0.6) is 0 Å². The largest absolute Gasteiger partial charge is 0.354 e. The van der Waals surface area contributed by atoms with Crippen molar-refractivity contribution in [1.29, 1.82) is 0 Å². The van der Waals surface area contributed by atoms with Crippen molar-refractivity contribution in [2.45, 2.75) is 0 Å². The summed E-state index contributed by atoms with van der Waals surface area (Å²) in [6.45, 7) is 1.09. The molecule has 0 aromatic carbocycles. The van der Waals surface area contributed by atoms with Gasteiger partial charge in [0.2, 0.25) is 0 Å². The van der Waals surface area contributed by atoms with Crippen molar-refractivity contribution in [2.24, 2.45) is 5.92 Å². The van der Waals surface area contributed by atoms with Crippen LogP contribution in [0.15, 0.2) is 0 Å². The molecule has 8 heavy (non-hydrogen) atoms. The van der Waals surface area contributed by atoms with Crippen molar-refractivity contribution in [3.05, 3.63) is 0 Å². The van der Waals surface area contributed by atoms with Gasteiger partial charge in [0.05, 0.1) is 5.92 Å². The van der Waals surface area contributed by atoms with E-state index >= 15 is 0 Å². The van der Waals surface area contributed by atoms with E-state index in [1.54, 1.807) is 0 Å². The maximum Gasteiger partial charge on any atom is 0.354 e. The van der Waals surface area contributed by atoms with Gasteiger partial charge in [0.1, 0.15) is 0 Å². The summed E-state index contributed by atoms with van der Waals surface area (Å²) in [4.78, 5) is 13.1. The van der Waals surface area contributed by atoms with Gasteiger partial charge in [-0.05, 0) is 0 Å². The molecule has 0 radical (unpaired) electrons. The molecule has 1 heterocycles. The van der Waals surface area contributed by atoms with Gasteiger partial charge in [-0.15, -0.1) is 0 Å². The molecule has 0 atom stereocenters. The highest BCUT2D eigenvalue weighted by Gasteiger charge is 2.26.